The van der Waals surface area contributed by atoms with E-state index in [1.54, 1.807) is 25.7 Å². The molecule has 0 amide bonds. The summed E-state index contributed by atoms with van der Waals surface area (Å²) in [5.74, 6) is -4.98. The third-order valence-electron chi connectivity index (χ3n) is 9.94. The van der Waals surface area contributed by atoms with Crippen molar-refractivity contribution in [2.24, 2.45) is 11.3 Å². The van der Waals surface area contributed by atoms with Crippen LogP contribution in [0.4, 0.5) is 22.0 Å². The first-order valence-corrected chi connectivity index (χ1v) is 22.3. The number of nitriles is 1. The molecule has 2 aliphatic heterocycles. The first-order valence-electron chi connectivity index (χ1n) is 17.6. The molecule has 15 heteroatoms. The third kappa shape index (κ3) is 8.90. The number of halogens is 6. The fourth-order valence-corrected chi connectivity index (χ4v) is 14.5. The second kappa shape index (κ2) is 16.8. The Morgan fingerprint density at radius 1 is 1.07 bits per heavy atom. The van der Waals surface area contributed by atoms with Crippen molar-refractivity contribution in [2.45, 2.75) is 73.8 Å². The van der Waals surface area contributed by atoms with E-state index in [1.807, 2.05) is 6.07 Å². The average molecular weight is 881 g/mol. The van der Waals surface area contributed by atoms with E-state index < -0.39 is 85.1 Å². The Labute approximate surface area is 323 Å². The van der Waals surface area contributed by atoms with Gasteiger partial charge in [0.15, 0.2) is 0 Å². The van der Waals surface area contributed by atoms with Crippen LogP contribution in [-0.4, -0.2) is 65.0 Å². The maximum atomic E-state index is 15.7. The molecule has 3 heterocycles. The summed E-state index contributed by atoms with van der Waals surface area (Å²) in [6, 6.07) is 6.79. The summed E-state index contributed by atoms with van der Waals surface area (Å²) in [6.45, 7) is 8.27. The summed E-state index contributed by atoms with van der Waals surface area (Å²) in [5.41, 5.74) is -4.31. The minimum atomic E-state index is -4.82. The number of nitrogens with one attached hydrogen (secondary N) is 1. The summed E-state index contributed by atoms with van der Waals surface area (Å²) in [5, 5.41) is 30.2. The number of allylic oxidation sites excluding steroid dienone is 2. The molecule has 0 spiro atoms. The Morgan fingerprint density at radius 3 is 2.47 bits per heavy atom. The molecular weight excluding hydrogens is 838 g/mol. The number of hydrogen-bond acceptors (Lipinski definition) is 9. The van der Waals surface area contributed by atoms with E-state index in [4.69, 9.17) is 14.9 Å². The van der Waals surface area contributed by atoms with E-state index in [0.717, 1.165) is 31.7 Å². The number of aliphatic hydroxyl groups excluding tert-OH is 1. The van der Waals surface area contributed by atoms with Gasteiger partial charge >= 0.3 is 313 Å². The molecule has 9 nitrogen and oxygen atoms in total. The number of ketones is 2. The van der Waals surface area contributed by atoms with E-state index in [9.17, 15) is 33.1 Å². The van der Waals surface area contributed by atoms with Crippen LogP contribution in [-0.2, 0) is 26.9 Å². The third-order valence-corrected chi connectivity index (χ3v) is 17.7. The molecule has 2 fully saturated rings. The fraction of sp³-hybridized carbons (Fsp3) is 0.450. The number of aromatic nitrogens is 2. The predicted octanol–water partition coefficient (Wildman–Crippen LogP) is 8.70. The number of Topliss-reactive ketones (excluding diaryl/α,β-unsaturated/α-hetero) is 2. The molecule has 3 aromatic rings. The van der Waals surface area contributed by atoms with Crippen molar-refractivity contribution in [3.8, 4) is 23.1 Å². The molecule has 3 unspecified atom stereocenters. The second-order valence-electron chi connectivity index (χ2n) is 14.8. The fourth-order valence-electron chi connectivity index (χ4n) is 7.08. The topological polar surface area (TPSA) is 146 Å². The Balaban J connectivity index is 1.52. The molecule has 0 radical (unpaired) electrons. The summed E-state index contributed by atoms with van der Waals surface area (Å²) in [6.07, 6.45) is -0.754. The number of aliphatic hydroxyl groups is 1. The van der Waals surface area contributed by atoms with E-state index in [-0.39, 0.29) is 52.4 Å². The van der Waals surface area contributed by atoms with Gasteiger partial charge in [0, 0.05) is 6.61 Å². The van der Waals surface area contributed by atoms with Gasteiger partial charge in [0.2, 0.25) is 0 Å². The van der Waals surface area contributed by atoms with Crippen LogP contribution in [0.2, 0.25) is 0 Å². The predicted molar refractivity (Wildman–Crippen MR) is 204 cm³/mol. The molecule has 3 atom stereocenters. The number of carbonyl (C=O) groups excluding carboxylic acids is 2. The zero-order valence-corrected chi connectivity index (χ0v) is 33.2. The van der Waals surface area contributed by atoms with Gasteiger partial charge in [0.25, 0.3) is 0 Å². The Kier molecular flexibility index (Phi) is 12.8. The van der Waals surface area contributed by atoms with Crippen LogP contribution in [0.5, 0.6) is 5.75 Å². The van der Waals surface area contributed by atoms with Gasteiger partial charge in [0.1, 0.15) is 0 Å². The average Bonchev–Trinajstić information content (AvgIpc) is 3.40. The SMILES string of the molecule is Cc1c(C#N)ncnc1-c1cc(C(F)(F)F)ccc1C(=N)C(O)=C1C(=O)C(Cc2ccc(OCCC3CCCOCC3)c(F)c2F)I(C)C(C(C)(C)C)C1=O. The van der Waals surface area contributed by atoms with Gasteiger partial charge in [-0.25, -0.2) is 0 Å². The minimum absolute atomic E-state index is 0.101. The molecule has 0 bridgehead atoms. The number of nitrogens with zero attached hydrogens (tertiary/aromatic N) is 3. The van der Waals surface area contributed by atoms with Crippen LogP contribution >= 0.6 is 19.8 Å². The zero-order chi connectivity index (χ0) is 40.4. The molecule has 5 rings (SSSR count). The molecular formula is C40H42F5IN4O5. The molecule has 294 valence electrons. The monoisotopic (exact) mass is 880 g/mol. The van der Waals surface area contributed by atoms with Gasteiger partial charge in [-0.1, -0.05) is 0 Å². The summed E-state index contributed by atoms with van der Waals surface area (Å²) < 4.78 is 82.1. The quantitative estimate of drug-likeness (QED) is 0.0413. The van der Waals surface area contributed by atoms with Crippen LogP contribution in [0.3, 0.4) is 0 Å². The van der Waals surface area contributed by atoms with Crippen molar-refractivity contribution >= 4 is 37.1 Å². The molecule has 1 aromatic heterocycles. The molecule has 0 saturated carbocycles. The molecule has 55 heavy (non-hydrogen) atoms. The van der Waals surface area contributed by atoms with Gasteiger partial charge < -0.3 is 4.74 Å². The first-order chi connectivity index (χ1) is 25.9. The number of hydrogen-bond donors (Lipinski definition) is 2. The standard InChI is InChI=1S/C40H42F5IN4O5/c1-21-28(19-47)49-20-50-34(21)26-18-24(40(43,44)45)9-10-25(26)33(48)36(52)30-35(51)27(46(5)38(37(30)53)39(2,3)4)17-23-8-11-29(32(42)31(23)41)55-16-13-22-7-6-14-54-15-12-22/h8-11,18,20,22,27,38,48,52H,6-7,12-17H2,1-5H3. The second-order valence-corrected chi connectivity index (χ2v) is 20.7. The van der Waals surface area contributed by atoms with Crippen molar-refractivity contribution in [3.63, 3.8) is 0 Å². The number of rotatable bonds is 9. The van der Waals surface area contributed by atoms with Crippen molar-refractivity contribution in [1.29, 1.82) is 10.7 Å². The molecule has 2 aliphatic rings. The van der Waals surface area contributed by atoms with Crippen molar-refractivity contribution < 1.29 is 46.1 Å². The maximum absolute atomic E-state index is 15.7. The number of ether oxygens (including phenoxy) is 2. The van der Waals surface area contributed by atoms with E-state index in [0.29, 0.717) is 37.7 Å². The Bertz CT molecular complexity index is 2070. The van der Waals surface area contributed by atoms with Gasteiger partial charge in [-0.05, 0) is 0 Å². The van der Waals surface area contributed by atoms with Crippen LogP contribution in [0.15, 0.2) is 48.0 Å². The van der Waals surface area contributed by atoms with Crippen molar-refractivity contribution in [3.05, 3.63) is 87.6 Å². The van der Waals surface area contributed by atoms with Crippen LogP contribution in [0.25, 0.3) is 11.3 Å². The van der Waals surface area contributed by atoms with E-state index >= 15 is 8.78 Å². The van der Waals surface area contributed by atoms with Crippen LogP contribution in [0.1, 0.15) is 74.4 Å². The Morgan fingerprint density at radius 2 is 1.80 bits per heavy atom. The number of carbonyl (C=O) groups is 2. The summed E-state index contributed by atoms with van der Waals surface area (Å²) in [4.78, 5) is 38.2. The molecule has 2 saturated heterocycles. The summed E-state index contributed by atoms with van der Waals surface area (Å²) >= 11 is -2.76. The molecule has 2 N–H and O–H groups in total. The normalized spacial score (nSPS) is 21.2. The summed E-state index contributed by atoms with van der Waals surface area (Å²) in [7, 11) is 0. The number of benzene rings is 2. The van der Waals surface area contributed by atoms with Gasteiger partial charge in [0.05, 0.1) is 0 Å². The van der Waals surface area contributed by atoms with Crippen LogP contribution in [0, 0.1) is 46.6 Å². The first kappa shape index (κ1) is 41.9. The van der Waals surface area contributed by atoms with Gasteiger partial charge in [-0.15, -0.1) is 0 Å². The zero-order valence-electron chi connectivity index (χ0n) is 31.0. The van der Waals surface area contributed by atoms with Crippen molar-refractivity contribution in [1.82, 2.24) is 9.97 Å². The van der Waals surface area contributed by atoms with E-state index in [2.05, 4.69) is 9.97 Å². The van der Waals surface area contributed by atoms with Crippen molar-refractivity contribution in [2.75, 3.05) is 24.8 Å². The van der Waals surface area contributed by atoms with Crippen LogP contribution < -0.4 is 4.74 Å². The molecule has 0 aliphatic carbocycles. The Hall–Kier alpha value is -4.30. The van der Waals surface area contributed by atoms with E-state index in [1.165, 1.54) is 19.1 Å². The molecule has 2 aromatic carbocycles. The van der Waals surface area contributed by atoms with Gasteiger partial charge in [-0.2, -0.15) is 0 Å². The van der Waals surface area contributed by atoms with Gasteiger partial charge in [-0.3, -0.25) is 0 Å². The number of alkyl halides is 6.